The second-order valence-electron chi connectivity index (χ2n) is 4.82. The lowest BCUT2D eigenvalue weighted by atomic mass is 10.1. The molecule has 6 heteroatoms. The third-order valence-corrected chi connectivity index (χ3v) is 3.58. The monoisotopic (exact) mass is 279 g/mol. The Morgan fingerprint density at radius 2 is 2.05 bits per heavy atom. The predicted molar refractivity (Wildman–Crippen MR) is 77.9 cm³/mol. The van der Waals surface area contributed by atoms with E-state index in [-0.39, 0.29) is 12.6 Å². The van der Waals surface area contributed by atoms with E-state index in [1.807, 2.05) is 6.07 Å². The summed E-state index contributed by atoms with van der Waals surface area (Å²) in [6.45, 7) is 4.43. The number of methoxy groups -OCH3 is 1. The number of benzene rings is 1. The normalized spacial score (nSPS) is 16.2. The van der Waals surface area contributed by atoms with Crippen molar-refractivity contribution in [3.8, 4) is 0 Å². The molecule has 1 aromatic carbocycles. The standard InChI is InChI=1S/C14H21N3O3/c1-20-14(19)11-2-3-13(12(15)10-11)17-6-4-16(5-7-17)8-9-18/h2-3,10,18H,4-9,15H2,1H3. The summed E-state index contributed by atoms with van der Waals surface area (Å²) in [7, 11) is 1.35. The topological polar surface area (TPSA) is 79.0 Å². The molecular weight excluding hydrogens is 258 g/mol. The van der Waals surface area contributed by atoms with Crippen LogP contribution in [0.5, 0.6) is 0 Å². The van der Waals surface area contributed by atoms with Crippen LogP contribution in [0, 0.1) is 0 Å². The van der Waals surface area contributed by atoms with Crippen LogP contribution in [0.4, 0.5) is 11.4 Å². The van der Waals surface area contributed by atoms with Gasteiger partial charge in [-0.2, -0.15) is 0 Å². The number of hydrogen-bond donors (Lipinski definition) is 2. The number of β-amino-alcohol motifs (C(OH)–C–C–N with tert-alkyl or cyclic N) is 1. The molecule has 0 aliphatic carbocycles. The van der Waals surface area contributed by atoms with Crippen molar-refractivity contribution in [3.05, 3.63) is 23.8 Å². The number of hydrogen-bond acceptors (Lipinski definition) is 6. The Hall–Kier alpha value is -1.79. The van der Waals surface area contributed by atoms with E-state index in [1.54, 1.807) is 12.1 Å². The van der Waals surface area contributed by atoms with Gasteiger partial charge in [0, 0.05) is 32.7 Å². The molecule has 0 spiro atoms. The minimum atomic E-state index is -0.379. The number of carbonyl (C=O) groups excluding carboxylic acids is 1. The second kappa shape index (κ2) is 6.58. The van der Waals surface area contributed by atoms with Gasteiger partial charge in [-0.25, -0.2) is 4.79 Å². The highest BCUT2D eigenvalue weighted by atomic mass is 16.5. The molecule has 3 N–H and O–H groups in total. The van der Waals surface area contributed by atoms with Crippen LogP contribution in [0.15, 0.2) is 18.2 Å². The van der Waals surface area contributed by atoms with Crippen LogP contribution in [0.2, 0.25) is 0 Å². The highest BCUT2D eigenvalue weighted by molar-refractivity contribution is 5.92. The van der Waals surface area contributed by atoms with Crippen LogP contribution in [0.1, 0.15) is 10.4 Å². The van der Waals surface area contributed by atoms with Gasteiger partial charge in [0.25, 0.3) is 0 Å². The minimum absolute atomic E-state index is 0.190. The average Bonchev–Trinajstić information content (AvgIpc) is 2.47. The number of carbonyl (C=O) groups is 1. The summed E-state index contributed by atoms with van der Waals surface area (Å²) >= 11 is 0. The molecule has 0 bridgehead atoms. The van der Waals surface area contributed by atoms with Crippen LogP contribution in [-0.2, 0) is 4.74 Å². The first-order valence-electron chi connectivity index (χ1n) is 6.71. The maximum Gasteiger partial charge on any atom is 0.337 e. The third-order valence-electron chi connectivity index (χ3n) is 3.58. The van der Waals surface area contributed by atoms with Crippen LogP contribution in [0.3, 0.4) is 0 Å². The molecule has 1 saturated heterocycles. The van der Waals surface area contributed by atoms with E-state index in [1.165, 1.54) is 7.11 Å². The van der Waals surface area contributed by atoms with Gasteiger partial charge < -0.3 is 20.5 Å². The van der Waals surface area contributed by atoms with Crippen molar-refractivity contribution in [2.24, 2.45) is 0 Å². The van der Waals surface area contributed by atoms with Gasteiger partial charge in [-0.3, -0.25) is 4.90 Å². The van der Waals surface area contributed by atoms with Gasteiger partial charge in [-0.05, 0) is 18.2 Å². The first-order valence-corrected chi connectivity index (χ1v) is 6.71. The largest absolute Gasteiger partial charge is 0.465 e. The molecular formula is C14H21N3O3. The van der Waals surface area contributed by atoms with Gasteiger partial charge in [0.2, 0.25) is 0 Å². The average molecular weight is 279 g/mol. The number of nitrogens with zero attached hydrogens (tertiary/aromatic N) is 2. The summed E-state index contributed by atoms with van der Waals surface area (Å²) in [4.78, 5) is 15.9. The zero-order chi connectivity index (χ0) is 14.5. The Morgan fingerprint density at radius 3 is 2.60 bits per heavy atom. The number of aliphatic hydroxyl groups is 1. The van der Waals surface area contributed by atoms with E-state index in [4.69, 9.17) is 10.8 Å². The van der Waals surface area contributed by atoms with E-state index in [0.29, 0.717) is 17.8 Å². The molecule has 1 heterocycles. The van der Waals surface area contributed by atoms with Crippen molar-refractivity contribution in [1.29, 1.82) is 0 Å². The maximum absolute atomic E-state index is 11.4. The number of piperazine rings is 1. The van der Waals surface area contributed by atoms with E-state index in [0.717, 1.165) is 31.9 Å². The molecule has 20 heavy (non-hydrogen) atoms. The number of nitrogen functional groups attached to an aromatic ring is 1. The van der Waals surface area contributed by atoms with Gasteiger partial charge in [-0.1, -0.05) is 0 Å². The summed E-state index contributed by atoms with van der Waals surface area (Å²) in [6, 6.07) is 5.25. The molecule has 0 radical (unpaired) electrons. The highest BCUT2D eigenvalue weighted by Gasteiger charge is 2.19. The Kier molecular flexibility index (Phi) is 4.81. The minimum Gasteiger partial charge on any atom is -0.465 e. The number of esters is 1. The molecule has 0 atom stereocenters. The Morgan fingerprint density at radius 1 is 1.35 bits per heavy atom. The van der Waals surface area contributed by atoms with Crippen LogP contribution < -0.4 is 10.6 Å². The predicted octanol–water partition coefficient (Wildman–Crippen LogP) is 0.170. The number of aliphatic hydroxyl groups excluding tert-OH is 1. The van der Waals surface area contributed by atoms with E-state index in [2.05, 4.69) is 14.5 Å². The van der Waals surface area contributed by atoms with Gasteiger partial charge in [0.05, 0.1) is 30.7 Å². The van der Waals surface area contributed by atoms with Gasteiger partial charge in [0.15, 0.2) is 0 Å². The quantitative estimate of drug-likeness (QED) is 0.604. The van der Waals surface area contributed by atoms with Crippen LogP contribution >= 0.6 is 0 Å². The summed E-state index contributed by atoms with van der Waals surface area (Å²) in [5, 5.41) is 8.93. The fraction of sp³-hybridized carbons (Fsp3) is 0.500. The number of anilines is 2. The SMILES string of the molecule is COC(=O)c1ccc(N2CCN(CCO)CC2)c(N)c1. The summed E-state index contributed by atoms with van der Waals surface area (Å²) in [6.07, 6.45) is 0. The second-order valence-corrected chi connectivity index (χ2v) is 4.82. The van der Waals surface area contributed by atoms with Crippen molar-refractivity contribution in [1.82, 2.24) is 4.90 Å². The first-order chi connectivity index (χ1) is 9.65. The zero-order valence-corrected chi connectivity index (χ0v) is 11.7. The zero-order valence-electron chi connectivity index (χ0n) is 11.7. The molecule has 1 aromatic rings. The Balaban J connectivity index is 2.05. The molecule has 1 fully saturated rings. The van der Waals surface area contributed by atoms with Gasteiger partial charge in [0.1, 0.15) is 0 Å². The molecule has 0 saturated carbocycles. The molecule has 6 nitrogen and oxygen atoms in total. The number of nitrogens with two attached hydrogens (primary N) is 1. The summed E-state index contributed by atoms with van der Waals surface area (Å²) in [5.41, 5.74) is 8.03. The Labute approximate surface area is 118 Å². The molecule has 1 aliphatic heterocycles. The molecule has 1 aliphatic rings. The summed E-state index contributed by atoms with van der Waals surface area (Å²) in [5.74, 6) is -0.379. The molecule has 0 unspecified atom stereocenters. The van der Waals surface area contributed by atoms with Gasteiger partial charge in [-0.15, -0.1) is 0 Å². The van der Waals surface area contributed by atoms with Crippen molar-refractivity contribution >= 4 is 17.3 Å². The van der Waals surface area contributed by atoms with Crippen molar-refractivity contribution in [2.75, 3.05) is 57.1 Å². The van der Waals surface area contributed by atoms with Crippen LogP contribution in [-0.4, -0.2) is 62.4 Å². The molecule has 110 valence electrons. The molecule has 0 amide bonds. The molecule has 2 rings (SSSR count). The van der Waals surface area contributed by atoms with Crippen LogP contribution in [0.25, 0.3) is 0 Å². The first kappa shape index (κ1) is 14.6. The molecule has 0 aromatic heterocycles. The lowest BCUT2D eigenvalue weighted by molar-refractivity contribution is 0.0601. The van der Waals surface area contributed by atoms with E-state index in [9.17, 15) is 4.79 Å². The van der Waals surface area contributed by atoms with Gasteiger partial charge >= 0.3 is 5.97 Å². The maximum atomic E-state index is 11.4. The number of rotatable bonds is 4. The Bertz CT molecular complexity index is 471. The van der Waals surface area contributed by atoms with Crippen molar-refractivity contribution in [3.63, 3.8) is 0 Å². The van der Waals surface area contributed by atoms with Crippen molar-refractivity contribution < 1.29 is 14.6 Å². The third kappa shape index (κ3) is 3.20. The van der Waals surface area contributed by atoms with E-state index >= 15 is 0 Å². The van der Waals surface area contributed by atoms with E-state index < -0.39 is 0 Å². The fourth-order valence-corrected chi connectivity index (χ4v) is 2.44. The lowest BCUT2D eigenvalue weighted by Crippen LogP contribution is -2.47. The van der Waals surface area contributed by atoms with Crippen molar-refractivity contribution in [2.45, 2.75) is 0 Å². The highest BCUT2D eigenvalue weighted by Crippen LogP contribution is 2.25. The summed E-state index contributed by atoms with van der Waals surface area (Å²) < 4.78 is 4.68. The smallest absolute Gasteiger partial charge is 0.337 e. The fourth-order valence-electron chi connectivity index (χ4n) is 2.44. The lowest BCUT2D eigenvalue weighted by Gasteiger charge is -2.36. The number of ether oxygens (including phenoxy) is 1.